The summed E-state index contributed by atoms with van der Waals surface area (Å²) in [6.07, 6.45) is 0. The Hall–Kier alpha value is -1.75. The highest BCUT2D eigenvalue weighted by atomic mass is 19.2. The van der Waals surface area contributed by atoms with E-state index in [4.69, 9.17) is 4.52 Å². The first-order valence-corrected chi connectivity index (χ1v) is 4.77. The van der Waals surface area contributed by atoms with Crippen LogP contribution in [0, 0.1) is 11.6 Å². The van der Waals surface area contributed by atoms with E-state index in [0.717, 1.165) is 6.07 Å². The maximum atomic E-state index is 13.4. The number of hydrogen-bond donors (Lipinski definition) is 1. The van der Waals surface area contributed by atoms with Crippen LogP contribution in [0.3, 0.4) is 0 Å². The molecule has 2 rings (SSSR count). The van der Waals surface area contributed by atoms with Gasteiger partial charge in [-0.05, 0) is 19.2 Å². The monoisotopic (exact) mass is 224 g/mol. The third-order valence-electron chi connectivity index (χ3n) is 2.13. The van der Waals surface area contributed by atoms with Crippen molar-refractivity contribution in [3.63, 3.8) is 0 Å². The van der Waals surface area contributed by atoms with Crippen molar-refractivity contribution < 1.29 is 13.3 Å². The summed E-state index contributed by atoms with van der Waals surface area (Å²) in [5.41, 5.74) is 0.719. The molecule has 1 aromatic heterocycles. The predicted octanol–water partition coefficient (Wildman–Crippen LogP) is 2.34. The molecule has 0 aliphatic rings. The average Bonchev–Trinajstić information content (AvgIpc) is 2.71. The molecule has 0 atom stereocenters. The minimum atomic E-state index is -0.922. The van der Waals surface area contributed by atoms with Crippen molar-refractivity contribution in [1.82, 2.24) is 10.5 Å². The normalized spacial score (nSPS) is 10.7. The Kier molecular flexibility index (Phi) is 2.96. The average molecular weight is 224 g/mol. The van der Waals surface area contributed by atoms with Gasteiger partial charge >= 0.3 is 0 Å². The van der Waals surface area contributed by atoms with Crippen LogP contribution in [0.25, 0.3) is 11.3 Å². The van der Waals surface area contributed by atoms with E-state index >= 15 is 0 Å². The molecule has 0 fully saturated rings. The topological polar surface area (TPSA) is 38.1 Å². The zero-order valence-electron chi connectivity index (χ0n) is 8.63. The molecule has 0 saturated carbocycles. The van der Waals surface area contributed by atoms with Crippen LogP contribution in [-0.4, -0.2) is 12.2 Å². The van der Waals surface area contributed by atoms with Crippen LogP contribution in [0.15, 0.2) is 28.8 Å². The van der Waals surface area contributed by atoms with Crippen LogP contribution in [0.4, 0.5) is 8.78 Å². The quantitative estimate of drug-likeness (QED) is 0.869. The Morgan fingerprint density at radius 2 is 2.19 bits per heavy atom. The summed E-state index contributed by atoms with van der Waals surface area (Å²) in [4.78, 5) is 0. The first-order valence-electron chi connectivity index (χ1n) is 4.77. The summed E-state index contributed by atoms with van der Waals surface area (Å²) >= 11 is 0. The molecular formula is C11H10F2N2O. The molecule has 2 aromatic rings. The van der Waals surface area contributed by atoms with Crippen molar-refractivity contribution in [1.29, 1.82) is 0 Å². The van der Waals surface area contributed by atoms with E-state index in [-0.39, 0.29) is 11.3 Å². The molecule has 0 radical (unpaired) electrons. The van der Waals surface area contributed by atoms with Crippen molar-refractivity contribution in [2.45, 2.75) is 6.54 Å². The Balaban J connectivity index is 2.39. The molecule has 0 unspecified atom stereocenters. The lowest BCUT2D eigenvalue weighted by molar-refractivity contribution is 0.417. The highest BCUT2D eigenvalue weighted by molar-refractivity contribution is 5.58. The van der Waals surface area contributed by atoms with E-state index in [1.54, 1.807) is 13.1 Å². The molecule has 5 heteroatoms. The maximum Gasteiger partial charge on any atom is 0.170 e. The molecule has 84 valence electrons. The summed E-state index contributed by atoms with van der Waals surface area (Å²) in [5, 5.41) is 6.61. The van der Waals surface area contributed by atoms with Gasteiger partial charge in [0.25, 0.3) is 0 Å². The van der Waals surface area contributed by atoms with E-state index in [1.807, 2.05) is 0 Å². The number of nitrogens with zero attached hydrogens (tertiary/aromatic N) is 1. The van der Waals surface area contributed by atoms with Gasteiger partial charge in [-0.25, -0.2) is 8.78 Å². The zero-order chi connectivity index (χ0) is 11.5. The van der Waals surface area contributed by atoms with E-state index in [2.05, 4.69) is 10.5 Å². The minimum absolute atomic E-state index is 0.0786. The smallest absolute Gasteiger partial charge is 0.170 e. The first kappa shape index (κ1) is 10.8. The number of hydrogen-bond acceptors (Lipinski definition) is 3. The molecule has 0 bridgehead atoms. The van der Waals surface area contributed by atoms with Gasteiger partial charge in [0.05, 0.1) is 11.3 Å². The lowest BCUT2D eigenvalue weighted by Crippen LogP contribution is -2.04. The van der Waals surface area contributed by atoms with Crippen LogP contribution < -0.4 is 5.32 Å². The van der Waals surface area contributed by atoms with Gasteiger partial charge in [-0.2, -0.15) is 0 Å². The van der Waals surface area contributed by atoms with Crippen LogP contribution in [0.1, 0.15) is 5.69 Å². The van der Waals surface area contributed by atoms with Gasteiger partial charge in [0.2, 0.25) is 0 Å². The molecule has 0 spiro atoms. The van der Waals surface area contributed by atoms with Crippen molar-refractivity contribution in [3.05, 3.63) is 41.6 Å². The SMILES string of the molecule is CNCc1cc(-c2cccc(F)c2F)on1. The second-order valence-corrected chi connectivity index (χ2v) is 3.31. The van der Waals surface area contributed by atoms with E-state index in [9.17, 15) is 8.78 Å². The van der Waals surface area contributed by atoms with E-state index in [1.165, 1.54) is 12.1 Å². The molecule has 16 heavy (non-hydrogen) atoms. The van der Waals surface area contributed by atoms with Crippen molar-refractivity contribution in [2.24, 2.45) is 0 Å². The van der Waals surface area contributed by atoms with Gasteiger partial charge < -0.3 is 9.84 Å². The second-order valence-electron chi connectivity index (χ2n) is 3.31. The fourth-order valence-corrected chi connectivity index (χ4v) is 1.40. The molecule has 3 nitrogen and oxygen atoms in total. The third kappa shape index (κ3) is 1.94. The number of rotatable bonds is 3. The second kappa shape index (κ2) is 4.40. The molecule has 1 aromatic carbocycles. The molecule has 0 aliphatic carbocycles. The van der Waals surface area contributed by atoms with Crippen molar-refractivity contribution >= 4 is 0 Å². The standard InChI is InChI=1S/C11H10F2N2O/c1-14-6-7-5-10(16-15-7)8-3-2-4-9(12)11(8)13/h2-5,14H,6H2,1H3. The fourth-order valence-electron chi connectivity index (χ4n) is 1.40. The third-order valence-corrected chi connectivity index (χ3v) is 2.13. The summed E-state index contributed by atoms with van der Waals surface area (Å²) in [7, 11) is 1.76. The van der Waals surface area contributed by atoms with E-state index < -0.39 is 11.6 Å². The number of benzene rings is 1. The van der Waals surface area contributed by atoms with E-state index in [0.29, 0.717) is 12.2 Å². The highest BCUT2D eigenvalue weighted by Crippen LogP contribution is 2.24. The van der Waals surface area contributed by atoms with Crippen LogP contribution in [0.5, 0.6) is 0 Å². The van der Waals surface area contributed by atoms with Gasteiger partial charge in [-0.1, -0.05) is 11.2 Å². The van der Waals surface area contributed by atoms with Gasteiger partial charge in [0.1, 0.15) is 0 Å². The van der Waals surface area contributed by atoms with Crippen molar-refractivity contribution in [2.75, 3.05) is 7.05 Å². The molecule has 0 aliphatic heterocycles. The lowest BCUT2D eigenvalue weighted by atomic mass is 10.1. The molecule has 0 saturated heterocycles. The fraction of sp³-hybridized carbons (Fsp3) is 0.182. The lowest BCUT2D eigenvalue weighted by Gasteiger charge is -1.97. The molecule has 1 heterocycles. The molecule has 1 N–H and O–H groups in total. The summed E-state index contributed by atoms with van der Waals surface area (Å²) in [6, 6.07) is 5.51. The Morgan fingerprint density at radius 3 is 2.94 bits per heavy atom. The highest BCUT2D eigenvalue weighted by Gasteiger charge is 2.13. The van der Waals surface area contributed by atoms with Crippen molar-refractivity contribution in [3.8, 4) is 11.3 Å². The maximum absolute atomic E-state index is 13.4. The summed E-state index contributed by atoms with van der Waals surface area (Å²) in [6.45, 7) is 0.514. The Labute approximate surface area is 91.1 Å². The van der Waals surface area contributed by atoms with Crippen LogP contribution in [0.2, 0.25) is 0 Å². The summed E-state index contributed by atoms with van der Waals surface area (Å²) < 4.78 is 31.3. The summed E-state index contributed by atoms with van der Waals surface area (Å²) in [5.74, 6) is -1.60. The van der Waals surface area contributed by atoms with Gasteiger partial charge in [-0.3, -0.25) is 0 Å². The van der Waals surface area contributed by atoms with Crippen LogP contribution >= 0.6 is 0 Å². The first-order chi connectivity index (χ1) is 7.72. The molecular weight excluding hydrogens is 214 g/mol. The zero-order valence-corrected chi connectivity index (χ0v) is 8.63. The van der Waals surface area contributed by atoms with Crippen LogP contribution in [-0.2, 0) is 6.54 Å². The van der Waals surface area contributed by atoms with Gasteiger partial charge in [0, 0.05) is 12.6 Å². The molecule has 0 amide bonds. The Bertz CT molecular complexity index is 496. The number of aromatic nitrogens is 1. The van der Waals surface area contributed by atoms with Gasteiger partial charge in [-0.15, -0.1) is 0 Å². The number of nitrogens with one attached hydrogen (secondary N) is 1. The number of halogens is 2. The Morgan fingerprint density at radius 1 is 1.38 bits per heavy atom. The van der Waals surface area contributed by atoms with Gasteiger partial charge in [0.15, 0.2) is 17.4 Å². The predicted molar refractivity (Wildman–Crippen MR) is 54.6 cm³/mol. The minimum Gasteiger partial charge on any atom is -0.356 e. The largest absolute Gasteiger partial charge is 0.356 e.